The summed E-state index contributed by atoms with van der Waals surface area (Å²) in [7, 11) is -3.75. The van der Waals surface area contributed by atoms with Gasteiger partial charge in [0.15, 0.2) is 0 Å². The molecule has 3 rings (SSSR count). The van der Waals surface area contributed by atoms with Gasteiger partial charge >= 0.3 is 0 Å². The van der Waals surface area contributed by atoms with Crippen molar-refractivity contribution in [2.24, 2.45) is 0 Å². The van der Waals surface area contributed by atoms with E-state index in [1.165, 1.54) is 12.1 Å². The van der Waals surface area contributed by atoms with Crippen molar-refractivity contribution in [3.05, 3.63) is 90.0 Å². The molecule has 0 bridgehead atoms. The van der Waals surface area contributed by atoms with Crippen LogP contribution in [0.5, 0.6) is 5.75 Å². The largest absolute Gasteiger partial charge is 0.550 e. The third-order valence-corrected chi connectivity index (χ3v) is 5.60. The molecule has 0 fully saturated rings. The van der Waals surface area contributed by atoms with Crippen molar-refractivity contribution in [1.29, 1.82) is 0 Å². The number of carboxylic acids is 1. The number of hydrogen-bond donors (Lipinski definition) is 1. The lowest BCUT2D eigenvalue weighted by Gasteiger charge is -2.10. The van der Waals surface area contributed by atoms with Crippen LogP contribution in [-0.4, -0.2) is 14.4 Å². The van der Waals surface area contributed by atoms with E-state index in [2.05, 4.69) is 4.72 Å². The number of anilines is 1. The molecule has 150 valence electrons. The number of sulfonamides is 1. The van der Waals surface area contributed by atoms with E-state index in [4.69, 9.17) is 4.74 Å². The number of carboxylic acid groups (broad SMARTS) is 1. The molecular formula is C22H20NO5S-. The maximum atomic E-state index is 12.5. The third-order valence-electron chi connectivity index (χ3n) is 4.21. The average molecular weight is 410 g/mol. The number of nitrogens with one attached hydrogen (secondary N) is 1. The van der Waals surface area contributed by atoms with E-state index in [1.54, 1.807) is 36.4 Å². The molecule has 1 N–H and O–H groups in total. The molecule has 0 amide bonds. The van der Waals surface area contributed by atoms with Crippen molar-refractivity contribution in [3.8, 4) is 5.75 Å². The van der Waals surface area contributed by atoms with Crippen LogP contribution in [0.4, 0.5) is 5.69 Å². The highest BCUT2D eigenvalue weighted by Gasteiger charge is 2.14. The van der Waals surface area contributed by atoms with Crippen LogP contribution in [-0.2, 0) is 27.8 Å². The van der Waals surface area contributed by atoms with E-state index >= 15 is 0 Å². The van der Waals surface area contributed by atoms with Crippen molar-refractivity contribution in [3.63, 3.8) is 0 Å². The van der Waals surface area contributed by atoms with Crippen LogP contribution < -0.4 is 14.6 Å². The standard InChI is InChI=1S/C22H21NO5S/c24-22(25)15-8-17-6-13-21(14-7-17)29(26,27)23-19-9-11-20(12-10-19)28-16-18-4-2-1-3-5-18/h1-7,9-14,23H,8,15-16H2,(H,24,25)/p-1. The minimum Gasteiger partial charge on any atom is -0.550 e. The van der Waals surface area contributed by atoms with Gasteiger partial charge in [0.2, 0.25) is 0 Å². The van der Waals surface area contributed by atoms with E-state index in [9.17, 15) is 18.3 Å². The second kappa shape index (κ2) is 9.25. The summed E-state index contributed by atoms with van der Waals surface area (Å²) in [4.78, 5) is 10.6. The summed E-state index contributed by atoms with van der Waals surface area (Å²) in [6, 6.07) is 22.5. The maximum absolute atomic E-state index is 12.5. The fourth-order valence-corrected chi connectivity index (χ4v) is 3.71. The third kappa shape index (κ3) is 6.08. The highest BCUT2D eigenvalue weighted by atomic mass is 32.2. The summed E-state index contributed by atoms with van der Waals surface area (Å²) in [5.74, 6) is -0.506. The Morgan fingerprint density at radius 1 is 0.862 bits per heavy atom. The number of aliphatic carboxylic acids is 1. The quantitative estimate of drug-likeness (QED) is 0.585. The summed E-state index contributed by atoms with van der Waals surface area (Å²) in [6.45, 7) is 0.427. The summed E-state index contributed by atoms with van der Waals surface area (Å²) < 4.78 is 33.3. The molecule has 0 spiro atoms. The van der Waals surface area contributed by atoms with Crippen LogP contribution >= 0.6 is 0 Å². The zero-order chi connectivity index (χ0) is 20.7. The first-order valence-corrected chi connectivity index (χ1v) is 10.5. The zero-order valence-corrected chi connectivity index (χ0v) is 16.4. The van der Waals surface area contributed by atoms with Crippen molar-refractivity contribution < 1.29 is 23.1 Å². The smallest absolute Gasteiger partial charge is 0.261 e. The zero-order valence-electron chi connectivity index (χ0n) is 15.6. The second-order valence-electron chi connectivity index (χ2n) is 6.42. The SMILES string of the molecule is O=C([O-])CCc1ccc(S(=O)(=O)Nc2ccc(OCc3ccccc3)cc2)cc1. The lowest BCUT2D eigenvalue weighted by Crippen LogP contribution is -2.22. The molecule has 3 aromatic rings. The van der Waals surface area contributed by atoms with Gasteiger partial charge in [-0.3, -0.25) is 4.72 Å². The lowest BCUT2D eigenvalue weighted by molar-refractivity contribution is -0.305. The predicted molar refractivity (Wildman–Crippen MR) is 108 cm³/mol. The molecule has 0 radical (unpaired) electrons. The van der Waals surface area contributed by atoms with E-state index in [0.717, 1.165) is 11.1 Å². The fraction of sp³-hybridized carbons (Fsp3) is 0.136. The molecule has 3 aromatic carbocycles. The molecule has 0 saturated heterocycles. The van der Waals surface area contributed by atoms with Gasteiger partial charge in [-0.2, -0.15) is 0 Å². The van der Waals surface area contributed by atoms with Gasteiger partial charge in [-0.05, 0) is 60.4 Å². The molecule has 0 heterocycles. The number of aryl methyl sites for hydroxylation is 1. The van der Waals surface area contributed by atoms with Crippen LogP contribution in [0, 0.1) is 0 Å². The Labute approximate surface area is 169 Å². The minimum absolute atomic E-state index is 0.0964. The van der Waals surface area contributed by atoms with Crippen LogP contribution in [0.15, 0.2) is 83.8 Å². The van der Waals surface area contributed by atoms with E-state index < -0.39 is 16.0 Å². The molecule has 0 unspecified atom stereocenters. The van der Waals surface area contributed by atoms with Crippen LogP contribution in [0.25, 0.3) is 0 Å². The van der Waals surface area contributed by atoms with Gasteiger partial charge in [-0.25, -0.2) is 8.42 Å². The summed E-state index contributed by atoms with van der Waals surface area (Å²) in [5, 5.41) is 10.5. The summed E-state index contributed by atoms with van der Waals surface area (Å²) in [5.41, 5.74) is 2.19. The monoisotopic (exact) mass is 410 g/mol. The Hall–Kier alpha value is -3.32. The first-order chi connectivity index (χ1) is 13.9. The van der Waals surface area contributed by atoms with Gasteiger partial charge in [-0.1, -0.05) is 42.5 Å². The van der Waals surface area contributed by atoms with Gasteiger partial charge in [0.25, 0.3) is 10.0 Å². The van der Waals surface area contributed by atoms with Crippen molar-refractivity contribution >= 4 is 21.7 Å². The Morgan fingerprint density at radius 3 is 2.14 bits per heavy atom. The maximum Gasteiger partial charge on any atom is 0.261 e. The molecule has 0 saturated carbocycles. The number of carbonyl (C=O) groups is 1. The van der Waals surface area contributed by atoms with Crippen molar-refractivity contribution in [2.75, 3.05) is 4.72 Å². The number of benzene rings is 3. The Kier molecular flexibility index (Phi) is 6.51. The Bertz CT molecular complexity index is 1050. The molecular weight excluding hydrogens is 390 g/mol. The first-order valence-electron chi connectivity index (χ1n) is 9.01. The topological polar surface area (TPSA) is 95.5 Å². The minimum atomic E-state index is -3.75. The summed E-state index contributed by atoms with van der Waals surface area (Å²) >= 11 is 0. The second-order valence-corrected chi connectivity index (χ2v) is 8.10. The van der Waals surface area contributed by atoms with E-state index in [0.29, 0.717) is 24.5 Å². The first kappa shape index (κ1) is 20.4. The normalized spacial score (nSPS) is 11.0. The van der Waals surface area contributed by atoms with Crippen molar-refractivity contribution in [1.82, 2.24) is 0 Å². The molecule has 29 heavy (non-hydrogen) atoms. The number of ether oxygens (including phenoxy) is 1. The molecule has 0 atom stereocenters. The van der Waals surface area contributed by atoms with Gasteiger partial charge in [-0.15, -0.1) is 0 Å². The number of hydrogen-bond acceptors (Lipinski definition) is 5. The van der Waals surface area contributed by atoms with Gasteiger partial charge in [0.05, 0.1) is 4.90 Å². The average Bonchev–Trinajstić information content (AvgIpc) is 2.72. The molecule has 0 aliphatic rings. The van der Waals surface area contributed by atoms with Crippen LogP contribution in [0.2, 0.25) is 0 Å². The number of carbonyl (C=O) groups excluding carboxylic acids is 1. The lowest BCUT2D eigenvalue weighted by atomic mass is 10.1. The highest BCUT2D eigenvalue weighted by molar-refractivity contribution is 7.92. The van der Waals surface area contributed by atoms with Gasteiger partial charge in [0, 0.05) is 11.7 Å². The molecule has 0 aliphatic heterocycles. The van der Waals surface area contributed by atoms with Gasteiger partial charge < -0.3 is 14.6 Å². The van der Waals surface area contributed by atoms with Crippen LogP contribution in [0.1, 0.15) is 17.5 Å². The van der Waals surface area contributed by atoms with E-state index in [-0.39, 0.29) is 11.3 Å². The molecule has 7 heteroatoms. The van der Waals surface area contributed by atoms with Gasteiger partial charge in [0.1, 0.15) is 12.4 Å². The summed E-state index contributed by atoms with van der Waals surface area (Å²) in [6.07, 6.45) is 0.184. The fourth-order valence-electron chi connectivity index (χ4n) is 2.66. The van der Waals surface area contributed by atoms with Crippen molar-refractivity contribution in [2.45, 2.75) is 24.3 Å². The van der Waals surface area contributed by atoms with E-state index in [1.807, 2.05) is 30.3 Å². The Balaban J connectivity index is 1.60. The Morgan fingerprint density at radius 2 is 1.52 bits per heavy atom. The number of rotatable bonds is 9. The molecule has 0 aromatic heterocycles. The molecule has 6 nitrogen and oxygen atoms in total. The molecule has 0 aliphatic carbocycles. The van der Waals surface area contributed by atoms with Crippen LogP contribution in [0.3, 0.4) is 0 Å². The predicted octanol–water partition coefficient (Wildman–Crippen LogP) is 2.75. The highest BCUT2D eigenvalue weighted by Crippen LogP contribution is 2.21.